The van der Waals surface area contributed by atoms with Gasteiger partial charge in [-0.2, -0.15) is 0 Å². The maximum Gasteiger partial charge on any atom is 0.139 e. The summed E-state index contributed by atoms with van der Waals surface area (Å²) in [6, 6.07) is 12.5. The van der Waals surface area contributed by atoms with Crippen LogP contribution in [0.1, 0.15) is 31.2 Å². The van der Waals surface area contributed by atoms with Crippen LogP contribution in [0.25, 0.3) is 16.9 Å². The van der Waals surface area contributed by atoms with Crippen molar-refractivity contribution < 1.29 is 4.74 Å². The van der Waals surface area contributed by atoms with E-state index in [1.54, 1.807) is 17.2 Å². The van der Waals surface area contributed by atoms with Gasteiger partial charge in [-0.05, 0) is 44.0 Å². The van der Waals surface area contributed by atoms with E-state index >= 15 is 0 Å². The van der Waals surface area contributed by atoms with Gasteiger partial charge in [0, 0.05) is 17.9 Å². The number of hydrogen-bond acceptors (Lipinski definition) is 4. The Hall–Kier alpha value is -2.53. The number of nitrogens with zero attached hydrogens (tertiary/aromatic N) is 4. The van der Waals surface area contributed by atoms with Gasteiger partial charge in [-0.15, -0.1) is 10.2 Å². The molecular weight excluding hydrogens is 288 g/mol. The Labute approximate surface area is 136 Å². The molecule has 0 aliphatic heterocycles. The molecule has 3 rings (SSSR count). The molecule has 0 N–H and O–H groups in total. The van der Waals surface area contributed by atoms with E-state index in [-0.39, 0.29) is 6.10 Å². The fourth-order valence-corrected chi connectivity index (χ4v) is 2.60. The van der Waals surface area contributed by atoms with Crippen LogP contribution in [0.4, 0.5) is 0 Å². The van der Waals surface area contributed by atoms with E-state index in [2.05, 4.69) is 52.4 Å². The molecule has 23 heavy (non-hydrogen) atoms. The van der Waals surface area contributed by atoms with E-state index in [4.69, 9.17) is 4.74 Å². The third-order valence-electron chi connectivity index (χ3n) is 3.86. The molecule has 1 aromatic carbocycles. The molecule has 0 radical (unpaired) electrons. The minimum absolute atomic E-state index is 0.115. The monoisotopic (exact) mass is 308 g/mol. The molecule has 0 aliphatic carbocycles. The Kier molecular flexibility index (Phi) is 4.48. The zero-order chi connectivity index (χ0) is 16.2. The fraction of sp³-hybridized carbons (Fsp3) is 0.278. The highest BCUT2D eigenvalue weighted by Crippen LogP contribution is 2.26. The predicted molar refractivity (Wildman–Crippen MR) is 89.4 cm³/mol. The molecule has 0 spiro atoms. The Morgan fingerprint density at radius 3 is 2.35 bits per heavy atom. The average Bonchev–Trinajstić information content (AvgIpc) is 3.10. The zero-order valence-electron chi connectivity index (χ0n) is 13.6. The second-order valence-electron chi connectivity index (χ2n) is 5.39. The van der Waals surface area contributed by atoms with Crippen molar-refractivity contribution in [1.29, 1.82) is 0 Å². The van der Waals surface area contributed by atoms with Crippen molar-refractivity contribution in [3.8, 4) is 16.9 Å². The molecule has 5 heteroatoms. The highest BCUT2D eigenvalue weighted by Gasteiger charge is 2.08. The second-order valence-corrected chi connectivity index (χ2v) is 5.39. The van der Waals surface area contributed by atoms with E-state index in [0.717, 1.165) is 29.2 Å². The summed E-state index contributed by atoms with van der Waals surface area (Å²) in [6.07, 6.45) is 3.40. The Bertz CT molecular complexity index is 766. The van der Waals surface area contributed by atoms with Crippen LogP contribution in [0.3, 0.4) is 0 Å². The predicted octanol–water partition coefficient (Wildman–Crippen LogP) is 3.74. The summed E-state index contributed by atoms with van der Waals surface area (Å²) in [5.74, 6) is 0.817. The molecule has 0 saturated heterocycles. The maximum atomic E-state index is 5.63. The van der Waals surface area contributed by atoms with Crippen LogP contribution >= 0.6 is 0 Å². The largest absolute Gasteiger partial charge is 0.374 e. The molecule has 0 saturated carbocycles. The zero-order valence-corrected chi connectivity index (χ0v) is 13.6. The number of hydrogen-bond donors (Lipinski definition) is 0. The van der Waals surface area contributed by atoms with Gasteiger partial charge in [-0.3, -0.25) is 4.57 Å². The first-order valence-corrected chi connectivity index (χ1v) is 7.73. The molecule has 1 unspecified atom stereocenters. The first-order valence-electron chi connectivity index (χ1n) is 7.73. The van der Waals surface area contributed by atoms with Crippen molar-refractivity contribution in [2.45, 2.75) is 26.9 Å². The minimum atomic E-state index is 0.115. The van der Waals surface area contributed by atoms with Gasteiger partial charge < -0.3 is 4.74 Å². The van der Waals surface area contributed by atoms with Crippen molar-refractivity contribution in [2.75, 3.05) is 6.61 Å². The van der Waals surface area contributed by atoms with Crippen LogP contribution in [-0.4, -0.2) is 26.4 Å². The lowest BCUT2D eigenvalue weighted by atomic mass is 10.0. The first-order chi connectivity index (χ1) is 11.2. The lowest BCUT2D eigenvalue weighted by molar-refractivity contribution is 0.0764. The summed E-state index contributed by atoms with van der Waals surface area (Å²) in [5, 5.41) is 7.62. The summed E-state index contributed by atoms with van der Waals surface area (Å²) in [4.78, 5) is 4.64. The summed E-state index contributed by atoms with van der Waals surface area (Å²) in [7, 11) is 0. The second kappa shape index (κ2) is 6.71. The molecule has 2 heterocycles. The number of benzene rings is 1. The van der Waals surface area contributed by atoms with Crippen molar-refractivity contribution in [3.05, 3.63) is 60.3 Å². The van der Waals surface area contributed by atoms with Crippen molar-refractivity contribution in [3.63, 3.8) is 0 Å². The van der Waals surface area contributed by atoms with E-state index in [1.807, 2.05) is 19.9 Å². The number of rotatable bonds is 5. The summed E-state index contributed by atoms with van der Waals surface area (Å²) < 4.78 is 7.42. The van der Waals surface area contributed by atoms with Crippen molar-refractivity contribution in [2.24, 2.45) is 0 Å². The third kappa shape index (κ3) is 3.29. The smallest absolute Gasteiger partial charge is 0.139 e. The molecule has 0 bridgehead atoms. The van der Waals surface area contributed by atoms with E-state index in [1.165, 1.54) is 5.56 Å². The summed E-state index contributed by atoms with van der Waals surface area (Å²) in [6.45, 7) is 6.81. The topological polar surface area (TPSA) is 52.8 Å². The van der Waals surface area contributed by atoms with Gasteiger partial charge in [0.05, 0.1) is 6.10 Å². The molecule has 0 aliphatic rings. The average molecular weight is 308 g/mol. The van der Waals surface area contributed by atoms with Gasteiger partial charge >= 0.3 is 0 Å². The van der Waals surface area contributed by atoms with Gasteiger partial charge in [0.1, 0.15) is 18.5 Å². The molecule has 3 aromatic rings. The summed E-state index contributed by atoms with van der Waals surface area (Å²) in [5.41, 5.74) is 4.43. The van der Waals surface area contributed by atoms with Gasteiger partial charge in [0.25, 0.3) is 0 Å². The Morgan fingerprint density at radius 1 is 1.04 bits per heavy atom. The van der Waals surface area contributed by atoms with Crippen LogP contribution in [0.15, 0.2) is 49.1 Å². The Balaban J connectivity index is 1.87. The minimum Gasteiger partial charge on any atom is -0.374 e. The third-order valence-corrected chi connectivity index (χ3v) is 3.86. The first kappa shape index (κ1) is 15.4. The number of aryl methyl sites for hydroxylation is 1. The SMILES string of the molecule is CCOC(C)c1ccc(-c2ccc(-n3cnnc3)nc2C)cc1. The molecule has 0 fully saturated rings. The van der Waals surface area contributed by atoms with Crippen LogP contribution in [0.5, 0.6) is 0 Å². The highest BCUT2D eigenvalue weighted by molar-refractivity contribution is 5.66. The molecular formula is C18H20N4O. The van der Waals surface area contributed by atoms with Gasteiger partial charge in [0.15, 0.2) is 0 Å². The number of aromatic nitrogens is 4. The lowest BCUT2D eigenvalue weighted by Gasteiger charge is -2.13. The fourth-order valence-electron chi connectivity index (χ4n) is 2.60. The van der Waals surface area contributed by atoms with Gasteiger partial charge in [-0.1, -0.05) is 24.3 Å². The lowest BCUT2D eigenvalue weighted by Crippen LogP contribution is -2.00. The molecule has 1 atom stereocenters. The van der Waals surface area contributed by atoms with Crippen molar-refractivity contribution >= 4 is 0 Å². The Morgan fingerprint density at radius 2 is 1.74 bits per heavy atom. The number of pyridine rings is 1. The molecule has 5 nitrogen and oxygen atoms in total. The highest BCUT2D eigenvalue weighted by atomic mass is 16.5. The van der Waals surface area contributed by atoms with Gasteiger partial charge in [0.2, 0.25) is 0 Å². The van der Waals surface area contributed by atoms with Crippen LogP contribution in [0, 0.1) is 6.92 Å². The van der Waals surface area contributed by atoms with E-state index in [0.29, 0.717) is 0 Å². The normalized spacial score (nSPS) is 12.3. The molecule has 118 valence electrons. The molecule has 2 aromatic heterocycles. The van der Waals surface area contributed by atoms with Crippen LogP contribution < -0.4 is 0 Å². The number of ether oxygens (including phenoxy) is 1. The van der Waals surface area contributed by atoms with E-state index < -0.39 is 0 Å². The van der Waals surface area contributed by atoms with Gasteiger partial charge in [-0.25, -0.2) is 4.98 Å². The van der Waals surface area contributed by atoms with E-state index in [9.17, 15) is 0 Å². The maximum absolute atomic E-state index is 5.63. The van der Waals surface area contributed by atoms with Crippen molar-refractivity contribution in [1.82, 2.24) is 19.7 Å². The quantitative estimate of drug-likeness (QED) is 0.720. The summed E-state index contributed by atoms with van der Waals surface area (Å²) >= 11 is 0. The standard InChI is InChI=1S/C18H20N4O/c1-4-23-14(3)15-5-7-16(8-6-15)17-9-10-18(21-13(17)2)22-11-19-20-12-22/h5-12,14H,4H2,1-3H3. The molecule has 0 amide bonds. The van der Waals surface area contributed by atoms with Crippen LogP contribution in [-0.2, 0) is 4.74 Å². The van der Waals surface area contributed by atoms with Crippen LogP contribution in [0.2, 0.25) is 0 Å².